The third kappa shape index (κ3) is 2.85. The van der Waals surface area contributed by atoms with Crippen molar-refractivity contribution in [3.63, 3.8) is 0 Å². The van der Waals surface area contributed by atoms with E-state index in [0.717, 1.165) is 4.68 Å². The lowest BCUT2D eigenvalue weighted by molar-refractivity contribution is 0.287. The van der Waals surface area contributed by atoms with Gasteiger partial charge in [-0.3, -0.25) is 0 Å². The van der Waals surface area contributed by atoms with Crippen molar-refractivity contribution in [3.8, 4) is 11.4 Å². The number of tetrazole rings is 1. The molecule has 0 aliphatic heterocycles. The molecule has 0 fully saturated rings. The second-order valence-corrected chi connectivity index (χ2v) is 5.10. The van der Waals surface area contributed by atoms with E-state index in [-0.39, 0.29) is 18.0 Å². The van der Waals surface area contributed by atoms with Crippen LogP contribution in [0.4, 0.5) is 4.39 Å². The van der Waals surface area contributed by atoms with Crippen molar-refractivity contribution in [1.82, 2.24) is 19.8 Å². The van der Waals surface area contributed by atoms with E-state index in [0.29, 0.717) is 16.8 Å². The standard InChI is InChI=1S/C16H15FN4O2/c1-11-6-5-8-13(17)15(11)23-10-12-7-3-4-9-14(12)21-16(22)20(2)18-19-21/h3-9H,10H2,1-2H3. The number of nitrogens with zero attached hydrogens (tertiary/aromatic N) is 4. The van der Waals surface area contributed by atoms with Gasteiger partial charge < -0.3 is 4.74 Å². The van der Waals surface area contributed by atoms with Crippen LogP contribution in [0.3, 0.4) is 0 Å². The molecule has 0 bridgehead atoms. The first kappa shape index (κ1) is 15.0. The normalized spacial score (nSPS) is 10.7. The minimum absolute atomic E-state index is 0.112. The van der Waals surface area contributed by atoms with Crippen molar-refractivity contribution in [3.05, 3.63) is 69.9 Å². The van der Waals surface area contributed by atoms with Gasteiger partial charge in [0.2, 0.25) is 0 Å². The molecule has 0 amide bonds. The van der Waals surface area contributed by atoms with Crippen molar-refractivity contribution in [2.24, 2.45) is 7.05 Å². The predicted molar refractivity (Wildman–Crippen MR) is 82.1 cm³/mol. The molecule has 3 aromatic rings. The molecule has 0 atom stereocenters. The maximum Gasteiger partial charge on any atom is 0.368 e. The number of rotatable bonds is 4. The Bertz CT molecular complexity index is 881. The highest BCUT2D eigenvalue weighted by atomic mass is 19.1. The van der Waals surface area contributed by atoms with Crippen LogP contribution in [0.25, 0.3) is 5.69 Å². The molecule has 3 rings (SSSR count). The van der Waals surface area contributed by atoms with Crippen LogP contribution >= 0.6 is 0 Å². The monoisotopic (exact) mass is 314 g/mol. The Labute approximate surface area is 131 Å². The van der Waals surface area contributed by atoms with Gasteiger partial charge in [-0.1, -0.05) is 30.3 Å². The molecule has 0 saturated heterocycles. The Morgan fingerprint density at radius 1 is 1.13 bits per heavy atom. The fourth-order valence-corrected chi connectivity index (χ4v) is 2.25. The van der Waals surface area contributed by atoms with Crippen LogP contribution in [-0.2, 0) is 13.7 Å². The molecule has 0 unspecified atom stereocenters. The highest BCUT2D eigenvalue weighted by Gasteiger charge is 2.12. The quantitative estimate of drug-likeness (QED) is 0.739. The molecular formula is C16H15FN4O2. The Kier molecular flexibility index (Phi) is 3.92. The van der Waals surface area contributed by atoms with E-state index in [4.69, 9.17) is 4.74 Å². The molecule has 2 aromatic carbocycles. The van der Waals surface area contributed by atoms with Gasteiger partial charge in [-0.15, -0.1) is 0 Å². The van der Waals surface area contributed by atoms with Crippen LogP contribution in [0, 0.1) is 12.7 Å². The third-order valence-corrected chi connectivity index (χ3v) is 3.48. The number of aromatic nitrogens is 4. The van der Waals surface area contributed by atoms with Gasteiger partial charge in [-0.25, -0.2) is 9.18 Å². The van der Waals surface area contributed by atoms with Crippen LogP contribution in [0.15, 0.2) is 47.3 Å². The summed E-state index contributed by atoms with van der Waals surface area (Å²) in [5.41, 5.74) is 1.61. The lowest BCUT2D eigenvalue weighted by Crippen LogP contribution is -2.23. The summed E-state index contributed by atoms with van der Waals surface area (Å²) in [4.78, 5) is 12.0. The first-order valence-electron chi connectivity index (χ1n) is 7.03. The topological polar surface area (TPSA) is 61.9 Å². The van der Waals surface area contributed by atoms with Crippen LogP contribution in [0.5, 0.6) is 5.75 Å². The lowest BCUT2D eigenvalue weighted by Gasteiger charge is -2.12. The van der Waals surface area contributed by atoms with Crippen molar-refractivity contribution in [2.45, 2.75) is 13.5 Å². The molecule has 0 N–H and O–H groups in total. The third-order valence-electron chi connectivity index (χ3n) is 3.48. The smallest absolute Gasteiger partial charge is 0.368 e. The molecule has 0 spiro atoms. The average molecular weight is 314 g/mol. The van der Waals surface area contributed by atoms with E-state index in [1.54, 1.807) is 37.3 Å². The Balaban J connectivity index is 1.93. The molecule has 7 heteroatoms. The maximum absolute atomic E-state index is 13.8. The average Bonchev–Trinajstić information content (AvgIpc) is 2.87. The van der Waals surface area contributed by atoms with Gasteiger partial charge in [0.1, 0.15) is 6.61 Å². The van der Waals surface area contributed by atoms with Gasteiger partial charge in [-0.05, 0) is 35.0 Å². The van der Waals surface area contributed by atoms with Gasteiger partial charge in [0, 0.05) is 12.6 Å². The second-order valence-electron chi connectivity index (χ2n) is 5.10. The minimum Gasteiger partial charge on any atom is -0.485 e. The first-order chi connectivity index (χ1) is 11.1. The van der Waals surface area contributed by atoms with Gasteiger partial charge in [0.15, 0.2) is 11.6 Å². The van der Waals surface area contributed by atoms with E-state index >= 15 is 0 Å². The summed E-state index contributed by atoms with van der Waals surface area (Å²) in [5, 5.41) is 7.52. The fourth-order valence-electron chi connectivity index (χ4n) is 2.25. The van der Waals surface area contributed by atoms with Crippen LogP contribution in [0.1, 0.15) is 11.1 Å². The Morgan fingerprint density at radius 3 is 2.61 bits per heavy atom. The Hall–Kier alpha value is -2.96. The van der Waals surface area contributed by atoms with E-state index in [2.05, 4.69) is 10.4 Å². The molecular weight excluding hydrogens is 299 g/mol. The number of aryl methyl sites for hydroxylation is 2. The second kappa shape index (κ2) is 6.04. The van der Waals surface area contributed by atoms with Gasteiger partial charge in [0.05, 0.1) is 5.69 Å². The summed E-state index contributed by atoms with van der Waals surface area (Å²) in [6.07, 6.45) is 0. The summed E-state index contributed by atoms with van der Waals surface area (Å²) in [6.45, 7) is 1.89. The van der Waals surface area contributed by atoms with Crippen LogP contribution in [-0.4, -0.2) is 19.8 Å². The number of benzene rings is 2. The maximum atomic E-state index is 13.8. The summed E-state index contributed by atoms with van der Waals surface area (Å²) in [7, 11) is 1.52. The zero-order chi connectivity index (χ0) is 16.4. The van der Waals surface area contributed by atoms with Crippen molar-refractivity contribution in [2.75, 3.05) is 0 Å². The predicted octanol–water partition coefficient (Wildman–Crippen LogP) is 1.99. The SMILES string of the molecule is Cc1cccc(F)c1OCc1ccccc1-n1nnn(C)c1=O. The highest BCUT2D eigenvalue weighted by Crippen LogP contribution is 2.23. The van der Waals surface area contributed by atoms with Crippen molar-refractivity contribution in [1.29, 1.82) is 0 Å². The van der Waals surface area contributed by atoms with E-state index in [9.17, 15) is 9.18 Å². The summed E-state index contributed by atoms with van der Waals surface area (Å²) in [5.74, 6) is -0.215. The van der Waals surface area contributed by atoms with Crippen LogP contribution < -0.4 is 10.4 Å². The fraction of sp³-hybridized carbons (Fsp3) is 0.188. The van der Waals surface area contributed by atoms with Crippen molar-refractivity contribution < 1.29 is 9.13 Å². The first-order valence-corrected chi connectivity index (χ1v) is 7.03. The number of halogens is 1. The highest BCUT2D eigenvalue weighted by molar-refractivity contribution is 5.40. The van der Waals surface area contributed by atoms with E-state index < -0.39 is 5.82 Å². The van der Waals surface area contributed by atoms with Crippen LogP contribution in [0.2, 0.25) is 0 Å². The zero-order valence-electron chi connectivity index (χ0n) is 12.7. The number of hydrogen-bond acceptors (Lipinski definition) is 4. The molecule has 23 heavy (non-hydrogen) atoms. The summed E-state index contributed by atoms with van der Waals surface area (Å²) >= 11 is 0. The Morgan fingerprint density at radius 2 is 1.91 bits per heavy atom. The largest absolute Gasteiger partial charge is 0.485 e. The molecule has 0 saturated carbocycles. The van der Waals surface area contributed by atoms with Gasteiger partial charge >= 0.3 is 5.69 Å². The minimum atomic E-state index is -0.417. The van der Waals surface area contributed by atoms with E-state index in [1.807, 2.05) is 6.07 Å². The number of hydrogen-bond donors (Lipinski definition) is 0. The molecule has 118 valence electrons. The van der Waals surface area contributed by atoms with Gasteiger partial charge in [-0.2, -0.15) is 9.36 Å². The molecule has 1 heterocycles. The summed E-state index contributed by atoms with van der Waals surface area (Å²) in [6, 6.07) is 11.9. The molecule has 1 aromatic heterocycles. The molecule has 6 nitrogen and oxygen atoms in total. The number of para-hydroxylation sites is 2. The zero-order valence-corrected chi connectivity index (χ0v) is 12.7. The molecule has 0 aliphatic carbocycles. The number of ether oxygens (including phenoxy) is 1. The van der Waals surface area contributed by atoms with Crippen molar-refractivity contribution >= 4 is 0 Å². The molecule has 0 aliphatic rings. The summed E-state index contributed by atoms with van der Waals surface area (Å²) < 4.78 is 21.8. The van der Waals surface area contributed by atoms with E-state index in [1.165, 1.54) is 17.8 Å². The molecule has 0 radical (unpaired) electrons. The van der Waals surface area contributed by atoms with Gasteiger partial charge in [0.25, 0.3) is 0 Å². The lowest BCUT2D eigenvalue weighted by atomic mass is 10.2.